The first kappa shape index (κ1) is 15.5. The molecule has 23 heavy (non-hydrogen) atoms. The number of fused-ring (bicyclic) bond motifs is 1. The van der Waals surface area contributed by atoms with Crippen molar-refractivity contribution in [2.24, 2.45) is 5.92 Å². The van der Waals surface area contributed by atoms with Crippen LogP contribution in [0.25, 0.3) is 0 Å². The van der Waals surface area contributed by atoms with Crippen molar-refractivity contribution in [1.29, 1.82) is 0 Å². The van der Waals surface area contributed by atoms with Crippen LogP contribution in [0.2, 0.25) is 0 Å². The maximum absolute atomic E-state index is 13.6. The maximum atomic E-state index is 13.6. The molecule has 1 unspecified atom stereocenters. The van der Waals surface area contributed by atoms with Gasteiger partial charge in [-0.05, 0) is 36.1 Å². The third-order valence-corrected chi connectivity index (χ3v) is 4.13. The first-order valence-electron chi connectivity index (χ1n) is 7.98. The Morgan fingerprint density at radius 2 is 1.91 bits per heavy atom. The molecule has 1 amide bonds. The smallest absolute Gasteiger partial charge is 0.254 e. The molecule has 4 heteroatoms. The number of halogens is 1. The van der Waals surface area contributed by atoms with E-state index in [-0.39, 0.29) is 11.7 Å². The van der Waals surface area contributed by atoms with Gasteiger partial charge in [-0.15, -0.1) is 0 Å². The molecule has 1 atom stereocenters. The number of hydrogen-bond acceptors (Lipinski definition) is 2. The van der Waals surface area contributed by atoms with Crippen LogP contribution < -0.4 is 10.2 Å². The summed E-state index contributed by atoms with van der Waals surface area (Å²) in [6.45, 7) is 4.90. The van der Waals surface area contributed by atoms with Gasteiger partial charge in [-0.25, -0.2) is 4.39 Å². The second-order valence-electron chi connectivity index (χ2n) is 6.32. The van der Waals surface area contributed by atoms with Crippen LogP contribution in [0.3, 0.4) is 0 Å². The van der Waals surface area contributed by atoms with Gasteiger partial charge in [0.1, 0.15) is 11.9 Å². The SMILES string of the molecule is CC(C)CCN1C(=O)C(c2ccccc2)Nc2cc(F)ccc21. The van der Waals surface area contributed by atoms with Crippen LogP contribution in [-0.4, -0.2) is 12.5 Å². The summed E-state index contributed by atoms with van der Waals surface area (Å²) in [5, 5.41) is 3.19. The van der Waals surface area contributed by atoms with Crippen molar-refractivity contribution in [3.63, 3.8) is 0 Å². The van der Waals surface area contributed by atoms with Gasteiger partial charge in [-0.1, -0.05) is 44.2 Å². The summed E-state index contributed by atoms with van der Waals surface area (Å²) >= 11 is 0. The second kappa shape index (κ2) is 6.41. The predicted octanol–water partition coefficient (Wildman–Crippen LogP) is 4.37. The van der Waals surface area contributed by atoms with Gasteiger partial charge in [0, 0.05) is 6.54 Å². The first-order chi connectivity index (χ1) is 11.1. The van der Waals surface area contributed by atoms with E-state index in [1.165, 1.54) is 12.1 Å². The van der Waals surface area contributed by atoms with Crippen LogP contribution in [-0.2, 0) is 4.79 Å². The highest BCUT2D eigenvalue weighted by molar-refractivity contribution is 6.05. The second-order valence-corrected chi connectivity index (χ2v) is 6.32. The molecule has 1 N–H and O–H groups in total. The average Bonchev–Trinajstić information content (AvgIpc) is 2.54. The summed E-state index contributed by atoms with van der Waals surface area (Å²) in [5.74, 6) is 0.203. The summed E-state index contributed by atoms with van der Waals surface area (Å²) in [6, 6.07) is 13.6. The number of benzene rings is 2. The van der Waals surface area contributed by atoms with E-state index in [4.69, 9.17) is 0 Å². The van der Waals surface area contributed by atoms with Crippen LogP contribution in [0.5, 0.6) is 0 Å². The lowest BCUT2D eigenvalue weighted by molar-refractivity contribution is -0.119. The zero-order valence-electron chi connectivity index (χ0n) is 13.4. The van der Waals surface area contributed by atoms with Crippen molar-refractivity contribution in [2.75, 3.05) is 16.8 Å². The van der Waals surface area contributed by atoms with Crippen molar-refractivity contribution in [1.82, 2.24) is 0 Å². The molecule has 0 fully saturated rings. The van der Waals surface area contributed by atoms with Gasteiger partial charge in [0.25, 0.3) is 5.91 Å². The van der Waals surface area contributed by atoms with Crippen LogP contribution in [0.4, 0.5) is 15.8 Å². The van der Waals surface area contributed by atoms with Crippen LogP contribution in [0.1, 0.15) is 31.9 Å². The zero-order chi connectivity index (χ0) is 16.4. The average molecular weight is 312 g/mol. The minimum Gasteiger partial charge on any atom is -0.368 e. The molecule has 0 aliphatic carbocycles. The lowest BCUT2D eigenvalue weighted by Gasteiger charge is -2.36. The molecule has 1 aliphatic rings. The molecule has 3 rings (SSSR count). The summed E-state index contributed by atoms with van der Waals surface area (Å²) in [5.41, 5.74) is 2.31. The summed E-state index contributed by atoms with van der Waals surface area (Å²) in [6.07, 6.45) is 0.907. The van der Waals surface area contributed by atoms with Crippen molar-refractivity contribution < 1.29 is 9.18 Å². The number of rotatable bonds is 4. The fraction of sp³-hybridized carbons (Fsp3) is 0.316. The molecular weight excluding hydrogens is 291 g/mol. The lowest BCUT2D eigenvalue weighted by Crippen LogP contribution is -2.43. The van der Waals surface area contributed by atoms with E-state index in [9.17, 15) is 9.18 Å². The van der Waals surface area contributed by atoms with Crippen molar-refractivity contribution in [2.45, 2.75) is 26.3 Å². The minimum atomic E-state index is -0.474. The number of amides is 1. The van der Waals surface area contributed by atoms with E-state index in [1.54, 1.807) is 11.0 Å². The van der Waals surface area contributed by atoms with Gasteiger partial charge >= 0.3 is 0 Å². The normalized spacial score (nSPS) is 17.1. The Morgan fingerprint density at radius 1 is 1.17 bits per heavy atom. The van der Waals surface area contributed by atoms with E-state index >= 15 is 0 Å². The Morgan fingerprint density at radius 3 is 2.61 bits per heavy atom. The van der Waals surface area contributed by atoms with Gasteiger partial charge in [-0.3, -0.25) is 4.79 Å². The molecule has 0 spiro atoms. The number of carbonyl (C=O) groups is 1. The van der Waals surface area contributed by atoms with E-state index in [2.05, 4.69) is 19.2 Å². The van der Waals surface area contributed by atoms with Gasteiger partial charge < -0.3 is 10.2 Å². The van der Waals surface area contributed by atoms with Crippen LogP contribution in [0, 0.1) is 11.7 Å². The quantitative estimate of drug-likeness (QED) is 0.909. The van der Waals surface area contributed by atoms with Crippen LogP contribution in [0.15, 0.2) is 48.5 Å². The Hall–Kier alpha value is -2.36. The monoisotopic (exact) mass is 312 g/mol. The highest BCUT2D eigenvalue weighted by atomic mass is 19.1. The third-order valence-electron chi connectivity index (χ3n) is 4.13. The highest BCUT2D eigenvalue weighted by Crippen LogP contribution is 2.37. The standard InChI is InChI=1S/C19H21FN2O/c1-13(2)10-11-22-17-9-8-15(20)12-16(17)21-18(19(22)23)14-6-4-3-5-7-14/h3-9,12-13,18,21H,10-11H2,1-2H3. The topological polar surface area (TPSA) is 32.3 Å². The largest absolute Gasteiger partial charge is 0.368 e. The molecule has 3 nitrogen and oxygen atoms in total. The van der Waals surface area contributed by atoms with Gasteiger partial charge in [-0.2, -0.15) is 0 Å². The van der Waals surface area contributed by atoms with Gasteiger partial charge in [0.2, 0.25) is 0 Å². The fourth-order valence-electron chi connectivity index (χ4n) is 2.84. The Labute approximate surface area is 136 Å². The van der Waals surface area contributed by atoms with Crippen molar-refractivity contribution >= 4 is 17.3 Å². The molecule has 120 valence electrons. The zero-order valence-corrected chi connectivity index (χ0v) is 13.4. The van der Waals surface area contributed by atoms with Crippen molar-refractivity contribution in [3.8, 4) is 0 Å². The fourth-order valence-corrected chi connectivity index (χ4v) is 2.84. The Kier molecular flexibility index (Phi) is 4.33. The Bertz CT molecular complexity index is 700. The molecule has 1 aliphatic heterocycles. The number of nitrogens with zero attached hydrogens (tertiary/aromatic N) is 1. The molecule has 0 bridgehead atoms. The molecular formula is C19H21FN2O. The molecule has 2 aromatic rings. The number of carbonyl (C=O) groups excluding carboxylic acids is 1. The maximum Gasteiger partial charge on any atom is 0.254 e. The lowest BCUT2D eigenvalue weighted by atomic mass is 10.0. The van der Waals surface area contributed by atoms with Gasteiger partial charge in [0.05, 0.1) is 11.4 Å². The third kappa shape index (κ3) is 3.21. The van der Waals surface area contributed by atoms with Crippen molar-refractivity contribution in [3.05, 3.63) is 59.9 Å². The van der Waals surface area contributed by atoms with E-state index < -0.39 is 6.04 Å². The van der Waals surface area contributed by atoms with Crippen LogP contribution >= 0.6 is 0 Å². The summed E-state index contributed by atoms with van der Waals surface area (Å²) < 4.78 is 13.6. The summed E-state index contributed by atoms with van der Waals surface area (Å²) in [4.78, 5) is 14.7. The van der Waals surface area contributed by atoms with E-state index in [0.29, 0.717) is 18.2 Å². The molecule has 2 aromatic carbocycles. The molecule has 1 heterocycles. The molecule has 0 radical (unpaired) electrons. The Balaban J connectivity index is 1.99. The molecule has 0 aromatic heterocycles. The van der Waals surface area contributed by atoms with E-state index in [0.717, 1.165) is 17.7 Å². The molecule has 0 saturated carbocycles. The first-order valence-corrected chi connectivity index (χ1v) is 7.98. The number of anilines is 2. The highest BCUT2D eigenvalue weighted by Gasteiger charge is 2.33. The minimum absolute atomic E-state index is 0.0101. The number of nitrogens with one attached hydrogen (secondary N) is 1. The predicted molar refractivity (Wildman–Crippen MR) is 91.0 cm³/mol. The van der Waals surface area contributed by atoms with E-state index in [1.807, 2.05) is 30.3 Å². The number of hydrogen-bond donors (Lipinski definition) is 1. The van der Waals surface area contributed by atoms with Gasteiger partial charge in [0.15, 0.2) is 0 Å². The summed E-state index contributed by atoms with van der Waals surface area (Å²) in [7, 11) is 0. The molecule has 0 saturated heterocycles.